The molecule has 1 aromatic heterocycles. The molecule has 0 spiro atoms. The molecule has 1 fully saturated rings. The van der Waals surface area contributed by atoms with Crippen LogP contribution in [0.3, 0.4) is 0 Å². The van der Waals surface area contributed by atoms with Crippen molar-refractivity contribution in [3.05, 3.63) is 17.0 Å². The zero-order valence-corrected chi connectivity index (χ0v) is 12.5. The third kappa shape index (κ3) is 2.86. The number of hydrogen-bond donors (Lipinski definition) is 2. The fourth-order valence-corrected chi connectivity index (χ4v) is 3.25. The maximum absolute atomic E-state index is 11.4. The Bertz CT molecular complexity index is 466. The number of ether oxygens (including phenoxy) is 1. The van der Waals surface area contributed by atoms with E-state index in [2.05, 4.69) is 15.1 Å². The molecule has 112 valence electrons. The predicted octanol–water partition coefficient (Wildman–Crippen LogP) is 0.883. The molecular weight excluding hydrogens is 256 g/mol. The minimum absolute atomic E-state index is 0.267. The normalized spacial score (nSPS) is 23.4. The van der Waals surface area contributed by atoms with E-state index in [9.17, 15) is 4.79 Å². The van der Waals surface area contributed by atoms with Gasteiger partial charge in [-0.2, -0.15) is 5.10 Å². The summed E-state index contributed by atoms with van der Waals surface area (Å²) in [4.78, 5) is 13.8. The minimum atomic E-state index is -0.269. The second-order valence-corrected chi connectivity index (χ2v) is 5.74. The number of aromatic nitrogens is 2. The van der Waals surface area contributed by atoms with Crippen LogP contribution in [0.1, 0.15) is 36.2 Å². The zero-order valence-electron chi connectivity index (χ0n) is 12.5. The van der Waals surface area contributed by atoms with E-state index in [0.717, 1.165) is 37.3 Å². The summed E-state index contributed by atoms with van der Waals surface area (Å²) in [6.07, 6.45) is 2.35. The van der Waals surface area contributed by atoms with Crippen LogP contribution in [0, 0.1) is 13.8 Å². The van der Waals surface area contributed by atoms with Gasteiger partial charge in [-0.15, -0.1) is 0 Å². The Morgan fingerprint density at radius 2 is 2.30 bits per heavy atom. The van der Waals surface area contributed by atoms with Gasteiger partial charge in [-0.3, -0.25) is 14.8 Å². The molecule has 0 saturated carbocycles. The largest absolute Gasteiger partial charge is 0.383 e. The average molecular weight is 280 g/mol. The Hall–Kier alpha value is -1.40. The molecule has 0 aromatic carbocycles. The van der Waals surface area contributed by atoms with Crippen molar-refractivity contribution in [2.75, 3.05) is 20.3 Å². The van der Waals surface area contributed by atoms with Crippen LogP contribution in [-0.4, -0.2) is 46.8 Å². The fraction of sp³-hybridized carbons (Fsp3) is 0.714. The molecule has 3 N–H and O–H groups in total. The predicted molar refractivity (Wildman–Crippen MR) is 76.1 cm³/mol. The van der Waals surface area contributed by atoms with Crippen molar-refractivity contribution in [2.24, 2.45) is 5.73 Å². The number of aryl methyl sites for hydroxylation is 2. The number of primary amides is 1. The highest BCUT2D eigenvalue weighted by Crippen LogP contribution is 2.34. The van der Waals surface area contributed by atoms with E-state index in [-0.39, 0.29) is 11.4 Å². The van der Waals surface area contributed by atoms with E-state index in [4.69, 9.17) is 10.5 Å². The number of likely N-dealkylation sites (tertiary alicyclic amines) is 1. The van der Waals surface area contributed by atoms with Gasteiger partial charge in [-0.05, 0) is 33.2 Å². The number of aromatic amines is 1. The van der Waals surface area contributed by atoms with Crippen LogP contribution < -0.4 is 5.73 Å². The Morgan fingerprint density at radius 1 is 1.55 bits per heavy atom. The second kappa shape index (κ2) is 5.93. The first-order valence-electron chi connectivity index (χ1n) is 7.01. The highest BCUT2D eigenvalue weighted by Gasteiger charge is 2.42. The maximum Gasteiger partial charge on any atom is 0.219 e. The minimum Gasteiger partial charge on any atom is -0.383 e. The molecule has 20 heavy (non-hydrogen) atoms. The summed E-state index contributed by atoms with van der Waals surface area (Å²) in [5.41, 5.74) is 8.48. The summed E-state index contributed by atoms with van der Waals surface area (Å²) in [7, 11) is 1.67. The number of nitrogens with one attached hydrogen (secondary N) is 1. The first-order chi connectivity index (χ1) is 9.48. The smallest absolute Gasteiger partial charge is 0.219 e. The SMILES string of the molecule is COCC1(CC(N)=O)CCCN1Cc1c(C)n[nH]c1C. The lowest BCUT2D eigenvalue weighted by Gasteiger charge is -2.37. The van der Waals surface area contributed by atoms with Crippen LogP contribution >= 0.6 is 0 Å². The molecule has 6 heteroatoms. The van der Waals surface area contributed by atoms with Crippen LogP contribution in [0.2, 0.25) is 0 Å². The van der Waals surface area contributed by atoms with Crippen LogP contribution in [0.25, 0.3) is 0 Å². The van der Waals surface area contributed by atoms with Crippen molar-refractivity contribution < 1.29 is 9.53 Å². The van der Waals surface area contributed by atoms with Gasteiger partial charge >= 0.3 is 0 Å². The number of carbonyl (C=O) groups excluding carboxylic acids is 1. The van der Waals surface area contributed by atoms with E-state index in [1.807, 2.05) is 13.8 Å². The van der Waals surface area contributed by atoms with Gasteiger partial charge in [0.15, 0.2) is 0 Å². The van der Waals surface area contributed by atoms with E-state index in [1.54, 1.807) is 7.11 Å². The lowest BCUT2D eigenvalue weighted by Crippen LogP contribution is -2.49. The van der Waals surface area contributed by atoms with Crippen molar-refractivity contribution >= 4 is 5.91 Å². The number of nitrogens with two attached hydrogens (primary N) is 1. The molecule has 1 unspecified atom stereocenters. The van der Waals surface area contributed by atoms with E-state index >= 15 is 0 Å². The van der Waals surface area contributed by atoms with Crippen LogP contribution in [0.5, 0.6) is 0 Å². The summed E-state index contributed by atoms with van der Waals surface area (Å²) >= 11 is 0. The molecule has 0 aliphatic carbocycles. The zero-order chi connectivity index (χ0) is 14.8. The molecule has 1 aliphatic rings. The molecule has 1 aromatic rings. The number of rotatable bonds is 6. The highest BCUT2D eigenvalue weighted by atomic mass is 16.5. The molecule has 1 amide bonds. The van der Waals surface area contributed by atoms with Gasteiger partial charge in [0.2, 0.25) is 5.91 Å². The summed E-state index contributed by atoms with van der Waals surface area (Å²) < 4.78 is 5.37. The van der Waals surface area contributed by atoms with Crippen LogP contribution in [0.4, 0.5) is 0 Å². The molecule has 2 rings (SSSR count). The molecule has 1 saturated heterocycles. The van der Waals surface area contributed by atoms with Crippen LogP contribution in [0.15, 0.2) is 0 Å². The average Bonchev–Trinajstić information content (AvgIpc) is 2.88. The number of hydrogen-bond acceptors (Lipinski definition) is 4. The summed E-state index contributed by atoms with van der Waals surface area (Å²) in [6.45, 7) is 6.30. The Kier molecular flexibility index (Phi) is 4.45. The van der Waals surface area contributed by atoms with Gasteiger partial charge in [0.25, 0.3) is 0 Å². The van der Waals surface area contributed by atoms with E-state index < -0.39 is 0 Å². The van der Waals surface area contributed by atoms with E-state index in [1.165, 1.54) is 5.56 Å². The van der Waals surface area contributed by atoms with Crippen molar-refractivity contribution in [3.8, 4) is 0 Å². The van der Waals surface area contributed by atoms with Gasteiger partial charge in [-0.1, -0.05) is 0 Å². The third-order valence-corrected chi connectivity index (χ3v) is 4.29. The number of carbonyl (C=O) groups is 1. The molecule has 1 atom stereocenters. The van der Waals surface area contributed by atoms with Crippen molar-refractivity contribution in [1.29, 1.82) is 0 Å². The molecular formula is C14H24N4O2. The Morgan fingerprint density at radius 3 is 2.85 bits per heavy atom. The molecule has 6 nitrogen and oxygen atoms in total. The van der Waals surface area contributed by atoms with Gasteiger partial charge < -0.3 is 10.5 Å². The number of H-pyrrole nitrogens is 1. The first-order valence-corrected chi connectivity index (χ1v) is 7.01. The molecule has 2 heterocycles. The fourth-order valence-electron chi connectivity index (χ4n) is 3.25. The van der Waals surface area contributed by atoms with Gasteiger partial charge in [0.05, 0.1) is 17.8 Å². The van der Waals surface area contributed by atoms with Crippen molar-refractivity contribution in [2.45, 2.75) is 45.2 Å². The van der Waals surface area contributed by atoms with E-state index in [0.29, 0.717) is 13.0 Å². The highest BCUT2D eigenvalue weighted by molar-refractivity contribution is 5.75. The third-order valence-electron chi connectivity index (χ3n) is 4.29. The van der Waals surface area contributed by atoms with Crippen molar-refractivity contribution in [3.63, 3.8) is 0 Å². The van der Waals surface area contributed by atoms with Crippen LogP contribution in [-0.2, 0) is 16.1 Å². The monoisotopic (exact) mass is 280 g/mol. The number of methoxy groups -OCH3 is 1. The number of nitrogens with zero attached hydrogens (tertiary/aromatic N) is 2. The summed E-state index contributed by atoms with van der Waals surface area (Å²) in [5.74, 6) is -0.269. The lowest BCUT2D eigenvalue weighted by molar-refractivity contribution is -0.121. The Balaban J connectivity index is 2.22. The maximum atomic E-state index is 11.4. The van der Waals surface area contributed by atoms with Gasteiger partial charge in [0, 0.05) is 31.3 Å². The lowest BCUT2D eigenvalue weighted by atomic mass is 9.92. The molecule has 0 bridgehead atoms. The quantitative estimate of drug-likeness (QED) is 0.810. The number of amides is 1. The summed E-state index contributed by atoms with van der Waals surface area (Å²) in [6, 6.07) is 0. The molecule has 1 aliphatic heterocycles. The molecule has 0 radical (unpaired) electrons. The van der Waals surface area contributed by atoms with Crippen molar-refractivity contribution in [1.82, 2.24) is 15.1 Å². The van der Waals surface area contributed by atoms with Gasteiger partial charge in [-0.25, -0.2) is 0 Å². The second-order valence-electron chi connectivity index (χ2n) is 5.74. The van der Waals surface area contributed by atoms with Gasteiger partial charge in [0.1, 0.15) is 0 Å². The Labute approximate surface area is 119 Å². The first kappa shape index (κ1) is 15.0. The topological polar surface area (TPSA) is 84.2 Å². The summed E-state index contributed by atoms with van der Waals surface area (Å²) in [5, 5.41) is 7.25. The standard InChI is InChI=1S/C14H24N4O2/c1-10-12(11(2)17-16-10)8-18-6-4-5-14(18,9-20-3)7-13(15)19/h4-9H2,1-3H3,(H2,15,19)(H,16,17).